The number of halogens is 2. The topological polar surface area (TPSA) is 111 Å². The second-order valence-electron chi connectivity index (χ2n) is 4.32. The number of hydrogen-bond acceptors (Lipinski definition) is 6. The molecule has 0 radical (unpaired) electrons. The number of nitrogens with zero attached hydrogens (tertiary/aromatic N) is 2. The Bertz CT molecular complexity index is 646. The first-order valence-electron chi connectivity index (χ1n) is 5.93. The van der Waals surface area contributed by atoms with Gasteiger partial charge in [0, 0.05) is 22.9 Å². The molecule has 114 valence electrons. The summed E-state index contributed by atoms with van der Waals surface area (Å²) in [5.74, 6) is -0.0411. The highest BCUT2D eigenvalue weighted by Gasteiger charge is 2.40. The van der Waals surface area contributed by atoms with Crippen molar-refractivity contribution >= 4 is 23.5 Å². The molecule has 0 aliphatic carbocycles. The molecule has 0 spiro atoms. The number of hydrogen-bond donors (Lipinski definition) is 3. The van der Waals surface area contributed by atoms with Crippen molar-refractivity contribution < 1.29 is 19.3 Å². The van der Waals surface area contributed by atoms with E-state index in [9.17, 15) is 14.3 Å². The first-order chi connectivity index (χ1) is 10.0. The molecule has 1 aliphatic rings. The Labute approximate surface area is 123 Å². The smallest absolute Gasteiger partial charge is 0.351 e. The van der Waals surface area contributed by atoms with Gasteiger partial charge in [0.05, 0.1) is 12.9 Å². The third-order valence-electron chi connectivity index (χ3n) is 3.11. The van der Waals surface area contributed by atoms with Crippen LogP contribution in [0.15, 0.2) is 28.4 Å². The molecule has 0 bridgehead atoms. The van der Waals surface area contributed by atoms with Gasteiger partial charge < -0.3 is 20.7 Å². The summed E-state index contributed by atoms with van der Waals surface area (Å²) < 4.78 is 19.0. The van der Waals surface area contributed by atoms with Crippen LogP contribution in [0, 0.1) is 0 Å². The molecule has 1 saturated heterocycles. The van der Waals surface area contributed by atoms with Gasteiger partial charge in [-0.2, -0.15) is 4.98 Å². The van der Waals surface area contributed by atoms with E-state index in [1.807, 2.05) is 0 Å². The van der Waals surface area contributed by atoms with Crippen molar-refractivity contribution in [2.75, 3.05) is 12.3 Å². The quantitative estimate of drug-likeness (QED) is 0.731. The van der Waals surface area contributed by atoms with Gasteiger partial charge in [0.15, 0.2) is 6.23 Å². The first kappa shape index (κ1) is 15.6. The Hall–Kier alpha value is -1.74. The number of rotatable bonds is 3. The van der Waals surface area contributed by atoms with Crippen molar-refractivity contribution in [2.45, 2.75) is 18.4 Å². The lowest BCUT2D eigenvalue weighted by atomic mass is 10.1. The number of ether oxygens (including phenoxy) is 1. The van der Waals surface area contributed by atoms with Crippen LogP contribution in [0.3, 0.4) is 0 Å². The lowest BCUT2D eigenvalue weighted by Gasteiger charge is -2.17. The maximum Gasteiger partial charge on any atom is 0.351 e. The summed E-state index contributed by atoms with van der Waals surface area (Å²) in [5, 5.41) is 19.1. The average molecular weight is 318 g/mol. The number of aromatic nitrogens is 2. The number of aliphatic hydroxyl groups is 2. The Balaban J connectivity index is 2.47. The molecular formula is C12H13ClFN3O4. The van der Waals surface area contributed by atoms with Crippen molar-refractivity contribution in [1.29, 1.82) is 0 Å². The fourth-order valence-electron chi connectivity index (χ4n) is 2.05. The maximum absolute atomic E-state index is 12.8. The zero-order chi connectivity index (χ0) is 15.6. The van der Waals surface area contributed by atoms with Crippen molar-refractivity contribution in [1.82, 2.24) is 9.55 Å². The third-order valence-corrected chi connectivity index (χ3v) is 3.23. The number of anilines is 1. The lowest BCUT2D eigenvalue weighted by Crippen LogP contribution is -2.32. The van der Waals surface area contributed by atoms with E-state index in [2.05, 4.69) is 4.98 Å². The highest BCUT2D eigenvalue weighted by atomic mass is 35.5. The monoisotopic (exact) mass is 317 g/mol. The van der Waals surface area contributed by atoms with Crippen molar-refractivity contribution in [3.05, 3.63) is 39.7 Å². The number of nitrogen functional groups attached to an aromatic ring is 1. The summed E-state index contributed by atoms with van der Waals surface area (Å²) in [6.45, 7) is -0.533. The number of nitrogens with two attached hydrogens (primary N) is 1. The van der Waals surface area contributed by atoms with Crippen LogP contribution in [-0.4, -0.2) is 38.6 Å². The second-order valence-corrected chi connectivity index (χ2v) is 4.57. The van der Waals surface area contributed by atoms with Gasteiger partial charge >= 0.3 is 5.69 Å². The van der Waals surface area contributed by atoms with Crippen molar-refractivity contribution in [3.8, 4) is 0 Å². The summed E-state index contributed by atoms with van der Waals surface area (Å²) in [6.07, 6.45) is -0.841. The molecule has 1 fully saturated rings. The third kappa shape index (κ3) is 2.84. The molecule has 1 aromatic rings. The lowest BCUT2D eigenvalue weighted by molar-refractivity contribution is -0.0527. The molecule has 2 rings (SSSR count). The van der Waals surface area contributed by atoms with Crippen molar-refractivity contribution in [2.24, 2.45) is 0 Å². The van der Waals surface area contributed by atoms with Crippen LogP contribution in [0.5, 0.6) is 0 Å². The zero-order valence-corrected chi connectivity index (χ0v) is 11.4. The minimum Gasteiger partial charge on any atom is -0.393 e. The van der Waals surface area contributed by atoms with Crippen molar-refractivity contribution in [3.63, 3.8) is 0 Å². The zero-order valence-electron chi connectivity index (χ0n) is 10.7. The summed E-state index contributed by atoms with van der Waals surface area (Å²) >= 11 is 5.46. The van der Waals surface area contributed by atoms with Crippen LogP contribution >= 0.6 is 11.6 Å². The molecule has 0 saturated carbocycles. The predicted octanol–water partition coefficient (Wildman–Crippen LogP) is 0.139. The average Bonchev–Trinajstić information content (AvgIpc) is 2.78. The Morgan fingerprint density at radius 3 is 2.86 bits per heavy atom. The second kappa shape index (κ2) is 6.35. The van der Waals surface area contributed by atoms with E-state index in [1.54, 1.807) is 0 Å². The largest absolute Gasteiger partial charge is 0.393 e. The Morgan fingerprint density at radius 2 is 2.33 bits per heavy atom. The van der Waals surface area contributed by atoms with Gasteiger partial charge in [-0.3, -0.25) is 4.57 Å². The fraction of sp³-hybridized carbons (Fsp3) is 0.333. The minimum atomic E-state index is -1.43. The molecule has 7 nitrogen and oxygen atoms in total. The molecule has 0 aromatic carbocycles. The predicted molar refractivity (Wildman–Crippen MR) is 74.0 cm³/mol. The molecule has 0 amide bonds. The molecule has 4 N–H and O–H groups in total. The summed E-state index contributed by atoms with van der Waals surface area (Å²) in [6, 6.07) is 0. The molecule has 1 aromatic heterocycles. The SMILES string of the molecule is Nc1nc(=O)n(C2OC(CO)/C(=C/F)C2O)cc1/C=C/Cl. The standard InChI is InChI=1S/C12H13ClFN3O4/c13-2-1-6-4-17(12(20)16-10(6)15)11-9(19)7(3-14)8(5-18)21-11/h1-4,8-9,11,18-19H,5H2,(H2,15,16,20)/b2-1+,7-3-. The molecule has 2 heterocycles. The summed E-state index contributed by atoms with van der Waals surface area (Å²) in [5.41, 5.74) is 6.15. The Kier molecular flexibility index (Phi) is 4.73. The molecule has 21 heavy (non-hydrogen) atoms. The van der Waals surface area contributed by atoms with E-state index in [-0.39, 0.29) is 17.7 Å². The molecule has 9 heteroatoms. The van der Waals surface area contributed by atoms with Crippen LogP contribution in [0.2, 0.25) is 0 Å². The van der Waals surface area contributed by atoms with Gasteiger partial charge in [-0.05, 0) is 6.08 Å². The molecule has 3 unspecified atom stereocenters. The van der Waals surface area contributed by atoms with E-state index in [4.69, 9.17) is 27.2 Å². The van der Waals surface area contributed by atoms with Gasteiger partial charge in [-0.1, -0.05) is 11.6 Å². The van der Waals surface area contributed by atoms with Gasteiger partial charge in [0.2, 0.25) is 0 Å². The van der Waals surface area contributed by atoms with E-state index >= 15 is 0 Å². The van der Waals surface area contributed by atoms with Crippen LogP contribution < -0.4 is 11.4 Å². The van der Waals surface area contributed by atoms with Gasteiger partial charge in [-0.15, -0.1) is 0 Å². The molecular weight excluding hydrogens is 305 g/mol. The molecule has 1 aliphatic heterocycles. The van der Waals surface area contributed by atoms with Crippen LogP contribution in [0.1, 0.15) is 11.8 Å². The van der Waals surface area contributed by atoms with Crippen LogP contribution in [-0.2, 0) is 4.74 Å². The van der Waals surface area contributed by atoms with Gasteiger partial charge in [0.1, 0.15) is 18.0 Å². The van der Waals surface area contributed by atoms with Crippen LogP contribution in [0.25, 0.3) is 6.08 Å². The highest BCUT2D eigenvalue weighted by Crippen LogP contribution is 2.33. The normalized spacial score (nSPS) is 27.8. The Morgan fingerprint density at radius 1 is 1.62 bits per heavy atom. The molecule has 3 atom stereocenters. The minimum absolute atomic E-state index is 0.0411. The summed E-state index contributed by atoms with van der Waals surface area (Å²) in [4.78, 5) is 15.4. The van der Waals surface area contributed by atoms with E-state index in [0.29, 0.717) is 5.56 Å². The number of aliphatic hydroxyl groups excluding tert-OH is 2. The first-order valence-corrected chi connectivity index (χ1v) is 6.37. The highest BCUT2D eigenvalue weighted by molar-refractivity contribution is 6.27. The van der Waals surface area contributed by atoms with E-state index in [1.165, 1.54) is 17.8 Å². The van der Waals surface area contributed by atoms with E-state index in [0.717, 1.165) is 4.57 Å². The van der Waals surface area contributed by atoms with Gasteiger partial charge in [0.25, 0.3) is 0 Å². The van der Waals surface area contributed by atoms with E-state index < -0.39 is 30.7 Å². The fourth-order valence-corrected chi connectivity index (χ4v) is 2.19. The van der Waals surface area contributed by atoms with Gasteiger partial charge in [-0.25, -0.2) is 9.18 Å². The maximum atomic E-state index is 12.8. The summed E-state index contributed by atoms with van der Waals surface area (Å²) in [7, 11) is 0. The van der Waals surface area contributed by atoms with Crippen LogP contribution in [0.4, 0.5) is 10.2 Å².